The molecule has 6 nitrogen and oxygen atoms in total. The van der Waals surface area contributed by atoms with Crippen molar-refractivity contribution >= 4 is 34.3 Å². The monoisotopic (exact) mass is 444 g/mol. The third-order valence-electron chi connectivity index (χ3n) is 5.16. The van der Waals surface area contributed by atoms with Crippen molar-refractivity contribution in [2.45, 2.75) is 38.1 Å². The van der Waals surface area contributed by atoms with Crippen LogP contribution >= 0.6 is 11.8 Å². The number of para-hydroxylation sites is 1. The number of aryl methyl sites for hydroxylation is 3. The molecule has 0 aliphatic carbocycles. The molecule has 0 spiro atoms. The number of pyridine rings is 1. The fraction of sp³-hybridized carbons (Fsp3) is 0.200. The Kier molecular flexibility index (Phi) is 6.10. The number of nitrogens with zero attached hydrogens (tertiary/aromatic N) is 3. The Morgan fingerprint density at radius 2 is 1.78 bits per heavy atom. The van der Waals surface area contributed by atoms with E-state index >= 15 is 0 Å². The Hall–Kier alpha value is -3.45. The summed E-state index contributed by atoms with van der Waals surface area (Å²) < 4.78 is 1.48. The van der Waals surface area contributed by atoms with Crippen molar-refractivity contribution in [3.8, 4) is 5.82 Å². The van der Waals surface area contributed by atoms with Gasteiger partial charge in [-0.3, -0.25) is 9.59 Å². The van der Waals surface area contributed by atoms with Crippen LogP contribution in [0.4, 0.5) is 5.69 Å². The first-order valence-corrected chi connectivity index (χ1v) is 11.2. The molecule has 0 aliphatic rings. The number of amides is 1. The first-order chi connectivity index (χ1) is 15.3. The van der Waals surface area contributed by atoms with Gasteiger partial charge in [-0.2, -0.15) is 0 Å². The molecule has 2 aromatic heterocycles. The van der Waals surface area contributed by atoms with E-state index in [-0.39, 0.29) is 11.5 Å². The van der Waals surface area contributed by atoms with Crippen molar-refractivity contribution in [2.75, 3.05) is 5.32 Å². The first-order valence-electron chi connectivity index (χ1n) is 10.3. The summed E-state index contributed by atoms with van der Waals surface area (Å²) in [7, 11) is 0. The van der Waals surface area contributed by atoms with Gasteiger partial charge in [-0.05, 0) is 63.1 Å². The summed E-state index contributed by atoms with van der Waals surface area (Å²) in [5, 5.41) is 3.43. The Bertz CT molecular complexity index is 1360. The van der Waals surface area contributed by atoms with Crippen molar-refractivity contribution in [3.63, 3.8) is 0 Å². The highest BCUT2D eigenvalue weighted by molar-refractivity contribution is 8.00. The van der Waals surface area contributed by atoms with Crippen LogP contribution in [0.1, 0.15) is 23.6 Å². The van der Waals surface area contributed by atoms with Crippen LogP contribution in [0.2, 0.25) is 0 Å². The van der Waals surface area contributed by atoms with Crippen molar-refractivity contribution in [1.29, 1.82) is 0 Å². The molecule has 4 rings (SSSR count). The number of thioether (sulfide) groups is 1. The quantitative estimate of drug-likeness (QED) is 0.353. The van der Waals surface area contributed by atoms with Gasteiger partial charge in [0.25, 0.3) is 5.56 Å². The zero-order valence-electron chi connectivity index (χ0n) is 18.4. The molecule has 1 atom stereocenters. The molecular weight excluding hydrogens is 420 g/mol. The van der Waals surface area contributed by atoms with E-state index in [2.05, 4.69) is 10.3 Å². The molecule has 1 amide bonds. The number of aromatic nitrogens is 3. The lowest BCUT2D eigenvalue weighted by Gasteiger charge is -2.17. The highest BCUT2D eigenvalue weighted by Gasteiger charge is 2.21. The molecule has 0 fully saturated rings. The van der Waals surface area contributed by atoms with Crippen LogP contribution in [-0.2, 0) is 4.79 Å². The Morgan fingerprint density at radius 3 is 2.50 bits per heavy atom. The minimum Gasteiger partial charge on any atom is -0.325 e. The number of carbonyl (C=O) groups is 1. The van der Waals surface area contributed by atoms with Gasteiger partial charge in [0.05, 0.1) is 16.2 Å². The highest BCUT2D eigenvalue weighted by atomic mass is 32.2. The number of carbonyl (C=O) groups excluding carboxylic acids is 1. The van der Waals surface area contributed by atoms with Crippen molar-refractivity contribution in [3.05, 3.63) is 87.8 Å². The molecule has 4 aromatic rings. The summed E-state index contributed by atoms with van der Waals surface area (Å²) in [5.74, 6) is 0.316. The van der Waals surface area contributed by atoms with Gasteiger partial charge in [0.15, 0.2) is 5.16 Å². The van der Waals surface area contributed by atoms with Gasteiger partial charge in [0.2, 0.25) is 5.91 Å². The molecule has 2 aromatic carbocycles. The van der Waals surface area contributed by atoms with Gasteiger partial charge in [-0.1, -0.05) is 47.7 Å². The second kappa shape index (κ2) is 8.96. The summed E-state index contributed by atoms with van der Waals surface area (Å²) in [4.78, 5) is 35.4. The second-order valence-corrected chi connectivity index (χ2v) is 9.12. The zero-order chi connectivity index (χ0) is 22.8. The first kappa shape index (κ1) is 21.8. The van der Waals surface area contributed by atoms with E-state index in [9.17, 15) is 9.59 Å². The fourth-order valence-electron chi connectivity index (χ4n) is 3.39. The predicted octanol–water partition coefficient (Wildman–Crippen LogP) is 4.83. The summed E-state index contributed by atoms with van der Waals surface area (Å²) in [6, 6.07) is 16.8. The van der Waals surface area contributed by atoms with Crippen LogP contribution in [0.25, 0.3) is 16.7 Å². The van der Waals surface area contributed by atoms with Gasteiger partial charge >= 0.3 is 0 Å². The van der Waals surface area contributed by atoms with Crippen LogP contribution < -0.4 is 10.9 Å². The molecule has 0 bridgehead atoms. The molecule has 2 heterocycles. The third-order valence-corrected chi connectivity index (χ3v) is 6.21. The molecule has 0 saturated carbocycles. The van der Waals surface area contributed by atoms with Crippen LogP contribution in [0.5, 0.6) is 0 Å². The van der Waals surface area contributed by atoms with Crippen molar-refractivity contribution < 1.29 is 4.79 Å². The van der Waals surface area contributed by atoms with Gasteiger partial charge < -0.3 is 5.32 Å². The lowest BCUT2D eigenvalue weighted by molar-refractivity contribution is -0.115. The average Bonchev–Trinajstić information content (AvgIpc) is 2.77. The summed E-state index contributed by atoms with van der Waals surface area (Å²) in [6.45, 7) is 7.72. The van der Waals surface area contributed by atoms with E-state index < -0.39 is 5.25 Å². The molecule has 7 heteroatoms. The van der Waals surface area contributed by atoms with E-state index in [4.69, 9.17) is 4.98 Å². The highest BCUT2D eigenvalue weighted by Crippen LogP contribution is 2.26. The molecule has 162 valence electrons. The normalized spacial score (nSPS) is 12.0. The number of nitrogens with one attached hydrogen (secondary N) is 1. The number of hydrogen-bond donors (Lipinski definition) is 1. The van der Waals surface area contributed by atoms with Gasteiger partial charge in [0, 0.05) is 11.9 Å². The number of anilines is 1. The molecule has 1 unspecified atom stereocenters. The lowest BCUT2D eigenvalue weighted by atomic mass is 10.1. The smallest absolute Gasteiger partial charge is 0.267 e. The molecular formula is C25H24N4O2S. The number of benzene rings is 2. The Balaban J connectivity index is 1.71. The van der Waals surface area contributed by atoms with Crippen LogP contribution in [0.15, 0.2) is 70.7 Å². The van der Waals surface area contributed by atoms with E-state index in [0.29, 0.717) is 21.9 Å². The minimum absolute atomic E-state index is 0.159. The standard InChI is InChI=1S/C25H24N4O2S/c1-15-9-11-20(17(3)13-15)27-23(30)18(4)32-25-28-21-8-6-5-7-19(21)24(31)29(25)22-12-10-16(2)14-26-22/h5-14,18H,1-4H3,(H,27,30). The Morgan fingerprint density at radius 1 is 1.03 bits per heavy atom. The lowest BCUT2D eigenvalue weighted by Crippen LogP contribution is -2.26. The van der Waals surface area contributed by atoms with Crippen molar-refractivity contribution in [1.82, 2.24) is 14.5 Å². The average molecular weight is 445 g/mol. The topological polar surface area (TPSA) is 76.9 Å². The number of rotatable bonds is 5. The van der Waals surface area contributed by atoms with Crippen LogP contribution in [0.3, 0.4) is 0 Å². The van der Waals surface area contributed by atoms with E-state index in [1.54, 1.807) is 31.3 Å². The second-order valence-electron chi connectivity index (χ2n) is 7.81. The van der Waals surface area contributed by atoms with Crippen molar-refractivity contribution in [2.24, 2.45) is 0 Å². The van der Waals surface area contributed by atoms with E-state index in [1.807, 2.05) is 57.2 Å². The summed E-state index contributed by atoms with van der Waals surface area (Å²) in [5.41, 5.74) is 4.28. The van der Waals surface area contributed by atoms with Gasteiger partial charge in [0.1, 0.15) is 5.82 Å². The van der Waals surface area contributed by atoms with E-state index in [0.717, 1.165) is 22.4 Å². The molecule has 1 N–H and O–H groups in total. The summed E-state index contributed by atoms with van der Waals surface area (Å²) in [6.07, 6.45) is 1.71. The molecule has 32 heavy (non-hydrogen) atoms. The maximum absolute atomic E-state index is 13.3. The maximum atomic E-state index is 13.3. The van der Waals surface area contributed by atoms with E-state index in [1.165, 1.54) is 16.3 Å². The summed E-state index contributed by atoms with van der Waals surface area (Å²) >= 11 is 1.23. The largest absolute Gasteiger partial charge is 0.325 e. The zero-order valence-corrected chi connectivity index (χ0v) is 19.2. The Labute approximate surface area is 190 Å². The van der Waals surface area contributed by atoms with Crippen LogP contribution in [0, 0.1) is 20.8 Å². The van der Waals surface area contributed by atoms with Gasteiger partial charge in [-0.25, -0.2) is 14.5 Å². The SMILES string of the molecule is Cc1ccc(-n2c(SC(C)C(=O)Nc3ccc(C)cc3C)nc3ccccc3c2=O)nc1. The van der Waals surface area contributed by atoms with Crippen LogP contribution in [-0.4, -0.2) is 25.7 Å². The third kappa shape index (κ3) is 4.43. The predicted molar refractivity (Wildman–Crippen MR) is 130 cm³/mol. The molecule has 0 radical (unpaired) electrons. The molecule has 0 aliphatic heterocycles. The maximum Gasteiger partial charge on any atom is 0.267 e. The fourth-order valence-corrected chi connectivity index (χ4v) is 4.30. The van der Waals surface area contributed by atoms with Gasteiger partial charge in [-0.15, -0.1) is 0 Å². The number of hydrogen-bond acceptors (Lipinski definition) is 5. The minimum atomic E-state index is -0.486. The number of fused-ring (bicyclic) bond motifs is 1. The molecule has 0 saturated heterocycles.